The molecule has 27 heavy (non-hydrogen) atoms. The van der Waals surface area contributed by atoms with Crippen molar-refractivity contribution in [2.24, 2.45) is 11.3 Å². The highest BCUT2D eigenvalue weighted by Crippen LogP contribution is 2.59. The van der Waals surface area contributed by atoms with E-state index in [2.05, 4.69) is 4.90 Å². The Morgan fingerprint density at radius 3 is 2.63 bits per heavy atom. The number of likely N-dealkylation sites (N-methyl/N-ethyl adjacent to an activating group) is 1. The van der Waals surface area contributed by atoms with Crippen LogP contribution < -0.4 is 4.74 Å². The van der Waals surface area contributed by atoms with Crippen LogP contribution in [0.1, 0.15) is 24.8 Å². The van der Waals surface area contributed by atoms with Gasteiger partial charge in [-0.1, -0.05) is 17.7 Å². The Morgan fingerprint density at radius 2 is 2.00 bits per heavy atom. The fourth-order valence-corrected chi connectivity index (χ4v) is 4.10. The van der Waals surface area contributed by atoms with Crippen LogP contribution in [0.3, 0.4) is 0 Å². The number of aliphatic hydroxyl groups is 2. The van der Waals surface area contributed by atoms with Crippen molar-refractivity contribution < 1.29 is 19.7 Å². The van der Waals surface area contributed by atoms with Crippen LogP contribution in [0.2, 0.25) is 0 Å². The molecule has 1 aliphatic carbocycles. The Labute approximate surface area is 161 Å². The van der Waals surface area contributed by atoms with Gasteiger partial charge in [-0.2, -0.15) is 0 Å². The van der Waals surface area contributed by atoms with Crippen molar-refractivity contribution in [2.75, 3.05) is 46.4 Å². The number of likely N-dealkylation sites (tertiary alicyclic amines) is 1. The van der Waals surface area contributed by atoms with Gasteiger partial charge in [-0.05, 0) is 56.8 Å². The summed E-state index contributed by atoms with van der Waals surface area (Å²) in [7, 11) is 1.86. The van der Waals surface area contributed by atoms with E-state index in [0.29, 0.717) is 19.7 Å². The first kappa shape index (κ1) is 20.1. The van der Waals surface area contributed by atoms with Gasteiger partial charge in [-0.25, -0.2) is 0 Å². The first-order chi connectivity index (χ1) is 12.9. The molecule has 1 saturated carbocycles. The van der Waals surface area contributed by atoms with E-state index in [-0.39, 0.29) is 23.8 Å². The molecule has 3 rings (SSSR count). The second kappa shape index (κ2) is 8.59. The Hall–Kier alpha value is -1.63. The van der Waals surface area contributed by atoms with Crippen molar-refractivity contribution in [3.63, 3.8) is 0 Å². The van der Waals surface area contributed by atoms with E-state index in [1.54, 1.807) is 4.90 Å². The van der Waals surface area contributed by atoms with Gasteiger partial charge in [-0.15, -0.1) is 0 Å². The maximum absolute atomic E-state index is 12.8. The first-order valence-electron chi connectivity index (χ1n) is 9.89. The SMILES string of the molecule is Cc1ccc(OCCN(C)C(=O)C2CC23CCN(CC(O)CO)CC3)cc1. The molecule has 1 amide bonds. The lowest BCUT2D eigenvalue weighted by Crippen LogP contribution is -2.42. The van der Waals surface area contributed by atoms with Crippen molar-refractivity contribution >= 4 is 5.91 Å². The fraction of sp³-hybridized carbons (Fsp3) is 0.667. The summed E-state index contributed by atoms with van der Waals surface area (Å²) in [5.74, 6) is 1.19. The maximum Gasteiger partial charge on any atom is 0.226 e. The summed E-state index contributed by atoms with van der Waals surface area (Å²) in [6, 6.07) is 7.94. The standard InChI is InChI=1S/C21H32N2O4/c1-16-3-5-18(6-4-16)27-12-11-22(2)20(26)19-13-21(19)7-9-23(10-8-21)14-17(25)15-24/h3-6,17,19,24-25H,7-15H2,1-2H3. The van der Waals surface area contributed by atoms with Crippen LogP contribution in [0, 0.1) is 18.3 Å². The van der Waals surface area contributed by atoms with Crippen molar-refractivity contribution in [1.82, 2.24) is 9.80 Å². The molecule has 1 saturated heterocycles. The third-order valence-electron chi connectivity index (χ3n) is 6.11. The van der Waals surface area contributed by atoms with E-state index in [1.165, 1.54) is 5.56 Å². The average molecular weight is 376 g/mol. The van der Waals surface area contributed by atoms with Crippen LogP contribution in [0.15, 0.2) is 24.3 Å². The lowest BCUT2D eigenvalue weighted by Gasteiger charge is -2.34. The second-order valence-electron chi connectivity index (χ2n) is 8.18. The van der Waals surface area contributed by atoms with E-state index >= 15 is 0 Å². The molecule has 6 nitrogen and oxygen atoms in total. The predicted octanol–water partition coefficient (Wildman–Crippen LogP) is 1.29. The summed E-state index contributed by atoms with van der Waals surface area (Å²) in [5, 5.41) is 18.6. The van der Waals surface area contributed by atoms with E-state index in [9.17, 15) is 9.90 Å². The zero-order valence-electron chi connectivity index (χ0n) is 16.4. The largest absolute Gasteiger partial charge is 0.492 e. The molecule has 2 aliphatic rings. The van der Waals surface area contributed by atoms with Crippen LogP contribution in [0.4, 0.5) is 0 Å². The van der Waals surface area contributed by atoms with Crippen LogP contribution in [0.5, 0.6) is 5.75 Å². The Morgan fingerprint density at radius 1 is 1.33 bits per heavy atom. The lowest BCUT2D eigenvalue weighted by molar-refractivity contribution is -0.132. The number of hydrogen-bond acceptors (Lipinski definition) is 5. The number of benzene rings is 1. The molecule has 0 bridgehead atoms. The summed E-state index contributed by atoms with van der Waals surface area (Å²) in [5.41, 5.74) is 1.36. The number of ether oxygens (including phenoxy) is 1. The number of piperidine rings is 1. The van der Waals surface area contributed by atoms with Crippen LogP contribution in [0.25, 0.3) is 0 Å². The first-order valence-corrected chi connectivity index (χ1v) is 9.89. The summed E-state index contributed by atoms with van der Waals surface area (Å²) in [4.78, 5) is 16.7. The van der Waals surface area contributed by atoms with Gasteiger partial charge >= 0.3 is 0 Å². The Balaban J connectivity index is 1.39. The normalized spacial score (nSPS) is 22.4. The van der Waals surface area contributed by atoms with E-state index in [1.807, 2.05) is 38.2 Å². The molecular formula is C21H32N2O4. The zero-order valence-corrected chi connectivity index (χ0v) is 16.4. The lowest BCUT2D eigenvalue weighted by atomic mass is 9.90. The quantitative estimate of drug-likeness (QED) is 0.715. The van der Waals surface area contributed by atoms with Crippen molar-refractivity contribution in [2.45, 2.75) is 32.3 Å². The number of carbonyl (C=O) groups excluding carboxylic acids is 1. The number of hydrogen-bond donors (Lipinski definition) is 2. The molecule has 6 heteroatoms. The highest BCUT2D eigenvalue weighted by Gasteiger charge is 2.58. The van der Waals surface area contributed by atoms with Gasteiger partial charge in [0.1, 0.15) is 12.4 Å². The molecule has 1 aromatic rings. The van der Waals surface area contributed by atoms with Gasteiger partial charge in [0.05, 0.1) is 19.3 Å². The minimum atomic E-state index is -0.671. The smallest absolute Gasteiger partial charge is 0.226 e. The van der Waals surface area contributed by atoms with Crippen molar-refractivity contribution in [3.05, 3.63) is 29.8 Å². The highest BCUT2D eigenvalue weighted by molar-refractivity contribution is 5.82. The third-order valence-corrected chi connectivity index (χ3v) is 6.11. The molecular weight excluding hydrogens is 344 g/mol. The number of β-amino-alcohol motifs (C(OH)–C–C–N with tert-alkyl or cyclic N) is 1. The average Bonchev–Trinajstić information content (AvgIpc) is 3.38. The molecule has 0 aromatic heterocycles. The van der Waals surface area contributed by atoms with Crippen molar-refractivity contribution in [3.8, 4) is 5.75 Å². The highest BCUT2D eigenvalue weighted by atomic mass is 16.5. The fourth-order valence-electron chi connectivity index (χ4n) is 4.10. The minimum Gasteiger partial charge on any atom is -0.492 e. The molecule has 1 spiro atoms. The van der Waals surface area contributed by atoms with Crippen LogP contribution in [-0.4, -0.2) is 78.5 Å². The van der Waals surface area contributed by atoms with Gasteiger partial charge in [0, 0.05) is 19.5 Å². The van der Waals surface area contributed by atoms with E-state index < -0.39 is 6.10 Å². The third kappa shape index (κ3) is 5.00. The zero-order chi connectivity index (χ0) is 19.4. The minimum absolute atomic E-state index is 0.131. The number of rotatable bonds is 8. The number of amides is 1. The molecule has 1 heterocycles. The second-order valence-corrected chi connectivity index (χ2v) is 8.18. The number of aryl methyl sites for hydroxylation is 1. The van der Waals surface area contributed by atoms with E-state index in [4.69, 9.17) is 9.84 Å². The number of aliphatic hydroxyl groups excluding tert-OH is 2. The van der Waals surface area contributed by atoms with E-state index in [0.717, 1.165) is 38.1 Å². The molecule has 0 radical (unpaired) electrons. The van der Waals surface area contributed by atoms with Crippen LogP contribution in [-0.2, 0) is 4.79 Å². The van der Waals surface area contributed by atoms with Crippen LogP contribution >= 0.6 is 0 Å². The van der Waals surface area contributed by atoms with Gasteiger partial charge in [0.2, 0.25) is 5.91 Å². The monoisotopic (exact) mass is 376 g/mol. The molecule has 1 aromatic carbocycles. The summed E-state index contributed by atoms with van der Waals surface area (Å²) in [6.07, 6.45) is 2.30. The Bertz CT molecular complexity index is 626. The summed E-state index contributed by atoms with van der Waals surface area (Å²) >= 11 is 0. The summed E-state index contributed by atoms with van der Waals surface area (Å²) < 4.78 is 5.74. The number of carbonyl (C=O) groups is 1. The molecule has 2 N–H and O–H groups in total. The maximum atomic E-state index is 12.8. The van der Waals surface area contributed by atoms with Gasteiger partial charge in [-0.3, -0.25) is 4.79 Å². The Kier molecular flexibility index (Phi) is 6.40. The molecule has 2 atom stereocenters. The predicted molar refractivity (Wildman–Crippen MR) is 104 cm³/mol. The van der Waals surface area contributed by atoms with Crippen molar-refractivity contribution in [1.29, 1.82) is 0 Å². The molecule has 2 fully saturated rings. The number of nitrogens with zero attached hydrogens (tertiary/aromatic N) is 2. The topological polar surface area (TPSA) is 73.2 Å². The molecule has 150 valence electrons. The molecule has 2 unspecified atom stereocenters. The van der Waals surface area contributed by atoms with Gasteiger partial charge < -0.3 is 24.7 Å². The summed E-state index contributed by atoms with van der Waals surface area (Å²) in [6.45, 7) is 5.23. The van der Waals surface area contributed by atoms with Gasteiger partial charge in [0.15, 0.2) is 0 Å². The molecule has 1 aliphatic heterocycles. The van der Waals surface area contributed by atoms with Gasteiger partial charge in [0.25, 0.3) is 0 Å².